The Balaban J connectivity index is 2.04. The van der Waals surface area contributed by atoms with Gasteiger partial charge in [0.1, 0.15) is 0 Å². The van der Waals surface area contributed by atoms with E-state index in [0.717, 1.165) is 21.3 Å². The number of rotatable bonds is 4. The standard InChI is InChI=1S/C16H13BrN2/c1-12(14-5-3-2-4-6-14)11-19-16-8-7-13(10-18)9-15(16)17/h2-9,19H,1,11H2. The molecule has 0 radical (unpaired) electrons. The zero-order valence-corrected chi connectivity index (χ0v) is 11.9. The molecule has 2 aromatic carbocycles. The Bertz CT molecular complexity index is 627. The first-order valence-electron chi connectivity index (χ1n) is 5.87. The summed E-state index contributed by atoms with van der Waals surface area (Å²) in [5.41, 5.74) is 3.74. The van der Waals surface area contributed by atoms with Gasteiger partial charge >= 0.3 is 0 Å². The van der Waals surface area contributed by atoms with Crippen LogP contribution in [0.3, 0.4) is 0 Å². The summed E-state index contributed by atoms with van der Waals surface area (Å²) in [5.74, 6) is 0. The maximum atomic E-state index is 8.81. The molecule has 2 rings (SSSR count). The first-order chi connectivity index (χ1) is 9.20. The van der Waals surface area contributed by atoms with Crippen molar-refractivity contribution >= 4 is 27.2 Å². The van der Waals surface area contributed by atoms with Crippen LogP contribution in [-0.2, 0) is 0 Å². The van der Waals surface area contributed by atoms with Gasteiger partial charge in [-0.1, -0.05) is 36.9 Å². The summed E-state index contributed by atoms with van der Waals surface area (Å²) in [7, 11) is 0. The topological polar surface area (TPSA) is 35.8 Å². The van der Waals surface area contributed by atoms with Gasteiger partial charge in [0.25, 0.3) is 0 Å². The lowest BCUT2D eigenvalue weighted by Crippen LogP contribution is -2.04. The van der Waals surface area contributed by atoms with E-state index in [4.69, 9.17) is 5.26 Å². The fourth-order valence-corrected chi connectivity index (χ4v) is 2.22. The van der Waals surface area contributed by atoms with Crippen molar-refractivity contribution in [3.05, 3.63) is 70.7 Å². The van der Waals surface area contributed by atoms with Crippen LogP contribution in [0.4, 0.5) is 5.69 Å². The Hall–Kier alpha value is -2.05. The molecule has 0 heterocycles. The summed E-state index contributed by atoms with van der Waals surface area (Å²) in [6.45, 7) is 4.73. The van der Waals surface area contributed by atoms with Crippen LogP contribution < -0.4 is 5.32 Å². The summed E-state index contributed by atoms with van der Waals surface area (Å²) in [4.78, 5) is 0. The maximum Gasteiger partial charge on any atom is 0.0992 e. The SMILES string of the molecule is C=C(CNc1ccc(C#N)cc1Br)c1ccccc1. The third kappa shape index (κ3) is 3.46. The van der Waals surface area contributed by atoms with Gasteiger partial charge in [0, 0.05) is 16.7 Å². The number of nitriles is 1. The van der Waals surface area contributed by atoms with Crippen molar-refractivity contribution in [1.82, 2.24) is 0 Å². The van der Waals surface area contributed by atoms with Crippen molar-refractivity contribution < 1.29 is 0 Å². The highest BCUT2D eigenvalue weighted by Crippen LogP contribution is 2.24. The average Bonchev–Trinajstić information content (AvgIpc) is 2.46. The van der Waals surface area contributed by atoms with Gasteiger partial charge < -0.3 is 5.32 Å². The number of nitrogens with one attached hydrogen (secondary N) is 1. The van der Waals surface area contributed by atoms with Gasteiger partial charge in [0.05, 0.1) is 11.6 Å². The molecule has 0 fully saturated rings. The van der Waals surface area contributed by atoms with Crippen molar-refractivity contribution in [3.8, 4) is 6.07 Å². The molecule has 0 spiro atoms. The van der Waals surface area contributed by atoms with E-state index in [-0.39, 0.29) is 0 Å². The summed E-state index contributed by atoms with van der Waals surface area (Å²) in [6.07, 6.45) is 0. The van der Waals surface area contributed by atoms with E-state index < -0.39 is 0 Å². The third-order valence-electron chi connectivity index (χ3n) is 2.77. The van der Waals surface area contributed by atoms with E-state index in [2.05, 4.69) is 33.9 Å². The molecule has 19 heavy (non-hydrogen) atoms. The van der Waals surface area contributed by atoms with Crippen molar-refractivity contribution in [1.29, 1.82) is 5.26 Å². The molecule has 94 valence electrons. The van der Waals surface area contributed by atoms with Gasteiger partial charge in [-0.2, -0.15) is 5.26 Å². The lowest BCUT2D eigenvalue weighted by molar-refractivity contribution is 1.33. The van der Waals surface area contributed by atoms with Gasteiger partial charge in [-0.3, -0.25) is 0 Å². The second-order valence-electron chi connectivity index (χ2n) is 4.13. The fourth-order valence-electron chi connectivity index (χ4n) is 1.71. The lowest BCUT2D eigenvalue weighted by atomic mass is 10.1. The van der Waals surface area contributed by atoms with Crippen molar-refractivity contribution in [2.45, 2.75) is 0 Å². The van der Waals surface area contributed by atoms with Crippen LogP contribution in [-0.4, -0.2) is 6.54 Å². The van der Waals surface area contributed by atoms with Crippen LogP contribution in [0.1, 0.15) is 11.1 Å². The number of benzene rings is 2. The highest BCUT2D eigenvalue weighted by atomic mass is 79.9. The van der Waals surface area contributed by atoms with Crippen LogP contribution in [0.2, 0.25) is 0 Å². The van der Waals surface area contributed by atoms with Gasteiger partial charge in [-0.05, 0) is 45.3 Å². The van der Waals surface area contributed by atoms with E-state index in [1.54, 1.807) is 12.1 Å². The first kappa shape index (κ1) is 13.4. The highest BCUT2D eigenvalue weighted by molar-refractivity contribution is 9.10. The summed E-state index contributed by atoms with van der Waals surface area (Å²) in [5, 5.41) is 12.1. The molecule has 0 aliphatic rings. The number of nitrogens with zero attached hydrogens (tertiary/aromatic N) is 1. The summed E-state index contributed by atoms with van der Waals surface area (Å²) < 4.78 is 0.882. The predicted octanol–water partition coefficient (Wildman–Crippen LogP) is 4.45. The van der Waals surface area contributed by atoms with Crippen LogP contribution in [0, 0.1) is 11.3 Å². The van der Waals surface area contributed by atoms with E-state index in [1.165, 1.54) is 0 Å². The average molecular weight is 313 g/mol. The molecule has 2 aromatic rings. The molecule has 0 saturated heterocycles. The monoisotopic (exact) mass is 312 g/mol. The number of halogens is 1. The van der Waals surface area contributed by atoms with Gasteiger partial charge in [-0.25, -0.2) is 0 Å². The molecule has 0 aliphatic heterocycles. The summed E-state index contributed by atoms with van der Waals surface area (Å²) >= 11 is 3.45. The Kier molecular flexibility index (Phi) is 4.38. The van der Waals surface area contributed by atoms with Crippen molar-refractivity contribution in [2.75, 3.05) is 11.9 Å². The molecule has 3 heteroatoms. The minimum atomic E-state index is 0.638. The number of hydrogen-bond donors (Lipinski definition) is 1. The van der Waals surface area contributed by atoms with Gasteiger partial charge in [-0.15, -0.1) is 0 Å². The fraction of sp³-hybridized carbons (Fsp3) is 0.0625. The van der Waals surface area contributed by atoms with Crippen LogP contribution in [0.25, 0.3) is 5.57 Å². The molecule has 0 aliphatic carbocycles. The smallest absolute Gasteiger partial charge is 0.0992 e. The second-order valence-corrected chi connectivity index (χ2v) is 4.98. The van der Waals surface area contributed by atoms with E-state index in [0.29, 0.717) is 12.1 Å². The highest BCUT2D eigenvalue weighted by Gasteiger charge is 2.02. The first-order valence-corrected chi connectivity index (χ1v) is 6.66. The Morgan fingerprint density at radius 2 is 1.95 bits per heavy atom. The number of hydrogen-bond acceptors (Lipinski definition) is 2. The molecular formula is C16H13BrN2. The Morgan fingerprint density at radius 3 is 2.58 bits per heavy atom. The third-order valence-corrected chi connectivity index (χ3v) is 3.43. The molecule has 0 bridgehead atoms. The zero-order chi connectivity index (χ0) is 13.7. The second kappa shape index (κ2) is 6.21. The minimum absolute atomic E-state index is 0.638. The van der Waals surface area contributed by atoms with Crippen LogP contribution in [0.5, 0.6) is 0 Å². The lowest BCUT2D eigenvalue weighted by Gasteiger charge is -2.11. The minimum Gasteiger partial charge on any atom is -0.380 e. The molecule has 0 amide bonds. The number of anilines is 1. The Labute approximate surface area is 121 Å². The molecular weight excluding hydrogens is 300 g/mol. The van der Waals surface area contributed by atoms with Crippen LogP contribution in [0.15, 0.2) is 59.6 Å². The quantitative estimate of drug-likeness (QED) is 0.905. The largest absolute Gasteiger partial charge is 0.380 e. The van der Waals surface area contributed by atoms with Crippen molar-refractivity contribution in [2.24, 2.45) is 0 Å². The van der Waals surface area contributed by atoms with E-state index in [1.807, 2.05) is 36.4 Å². The van der Waals surface area contributed by atoms with E-state index in [9.17, 15) is 0 Å². The molecule has 1 N–H and O–H groups in total. The van der Waals surface area contributed by atoms with Gasteiger partial charge in [0.15, 0.2) is 0 Å². The predicted molar refractivity (Wildman–Crippen MR) is 82.8 cm³/mol. The normalized spacial score (nSPS) is 9.68. The van der Waals surface area contributed by atoms with Crippen LogP contribution >= 0.6 is 15.9 Å². The van der Waals surface area contributed by atoms with Crippen molar-refractivity contribution in [3.63, 3.8) is 0 Å². The summed E-state index contributed by atoms with van der Waals surface area (Å²) in [6, 6.07) is 17.7. The zero-order valence-electron chi connectivity index (χ0n) is 10.4. The van der Waals surface area contributed by atoms with E-state index >= 15 is 0 Å². The van der Waals surface area contributed by atoms with Gasteiger partial charge in [0.2, 0.25) is 0 Å². The molecule has 0 atom stereocenters. The molecule has 2 nitrogen and oxygen atoms in total. The maximum absolute atomic E-state index is 8.81. The molecule has 0 unspecified atom stereocenters. The molecule has 0 aromatic heterocycles. The molecule has 0 saturated carbocycles. The Morgan fingerprint density at radius 1 is 1.21 bits per heavy atom.